The van der Waals surface area contributed by atoms with Gasteiger partial charge in [-0.05, 0) is 30.7 Å². The molecule has 152 valence electrons. The Kier molecular flexibility index (Phi) is 5.42. The molecule has 0 spiro atoms. The molecule has 1 aromatic carbocycles. The van der Waals surface area contributed by atoms with Gasteiger partial charge in [0.15, 0.2) is 5.75 Å². The van der Waals surface area contributed by atoms with Crippen molar-refractivity contribution < 1.29 is 17.9 Å². The number of pyridine rings is 1. The van der Waals surface area contributed by atoms with E-state index in [1.54, 1.807) is 24.5 Å². The minimum absolute atomic E-state index is 0.155. The Morgan fingerprint density at radius 1 is 1.17 bits per heavy atom. The molecule has 3 heterocycles. The highest BCUT2D eigenvalue weighted by Crippen LogP contribution is 2.41. The first-order valence-corrected chi connectivity index (χ1v) is 9.35. The molecule has 1 unspecified atom stereocenters. The Bertz CT molecular complexity index is 1020. The first-order valence-electron chi connectivity index (χ1n) is 8.97. The average Bonchev–Trinajstić information content (AvgIpc) is 3.19. The lowest BCUT2D eigenvalue weighted by Crippen LogP contribution is -2.22. The lowest BCUT2D eigenvalue weighted by molar-refractivity contribution is -0.139. The summed E-state index contributed by atoms with van der Waals surface area (Å²) >= 11 is 6.31. The molecule has 3 aromatic rings. The molecule has 0 saturated carbocycles. The normalized spacial score (nSPS) is 16.9. The summed E-state index contributed by atoms with van der Waals surface area (Å²) in [6.07, 6.45) is 0.941. The van der Waals surface area contributed by atoms with E-state index in [1.807, 2.05) is 0 Å². The van der Waals surface area contributed by atoms with Crippen LogP contribution in [0.15, 0.2) is 36.9 Å². The zero-order valence-corrected chi connectivity index (χ0v) is 15.9. The number of benzene rings is 1. The van der Waals surface area contributed by atoms with Crippen LogP contribution in [0.3, 0.4) is 0 Å². The second-order valence-electron chi connectivity index (χ2n) is 6.64. The zero-order chi connectivity index (χ0) is 20.4. The first-order chi connectivity index (χ1) is 13.9. The molecule has 0 bridgehead atoms. The van der Waals surface area contributed by atoms with Crippen LogP contribution in [-0.4, -0.2) is 34.1 Å². The Morgan fingerprint density at radius 2 is 1.93 bits per heavy atom. The molecule has 10 heteroatoms. The third kappa shape index (κ3) is 4.35. The molecule has 4 rings (SSSR count). The summed E-state index contributed by atoms with van der Waals surface area (Å²) in [6, 6.07) is 3.42. The van der Waals surface area contributed by atoms with Crippen molar-refractivity contribution in [2.45, 2.75) is 25.2 Å². The van der Waals surface area contributed by atoms with Crippen LogP contribution < -0.4 is 15.4 Å². The molecule has 1 atom stereocenters. The summed E-state index contributed by atoms with van der Waals surface area (Å²) < 4.78 is 46.2. The number of hydrogen-bond donors (Lipinski definition) is 2. The molecule has 1 fully saturated rings. The molecular formula is C19H17ClF3N5O. The van der Waals surface area contributed by atoms with E-state index in [0.29, 0.717) is 41.1 Å². The predicted octanol–water partition coefficient (Wildman–Crippen LogP) is 4.05. The van der Waals surface area contributed by atoms with Gasteiger partial charge in [0.05, 0.1) is 22.9 Å². The van der Waals surface area contributed by atoms with E-state index in [0.717, 1.165) is 6.20 Å². The highest BCUT2D eigenvalue weighted by Gasteiger charge is 2.37. The molecule has 29 heavy (non-hydrogen) atoms. The van der Waals surface area contributed by atoms with E-state index < -0.39 is 11.7 Å². The van der Waals surface area contributed by atoms with Gasteiger partial charge in [0, 0.05) is 36.7 Å². The summed E-state index contributed by atoms with van der Waals surface area (Å²) in [7, 11) is 0. The highest BCUT2D eigenvalue weighted by molar-refractivity contribution is 6.32. The van der Waals surface area contributed by atoms with Crippen molar-refractivity contribution in [2.24, 2.45) is 0 Å². The fourth-order valence-corrected chi connectivity index (χ4v) is 3.38. The number of fused-ring (bicyclic) bond motifs is 1. The largest absolute Gasteiger partial charge is 0.486 e. The van der Waals surface area contributed by atoms with E-state index in [2.05, 4.69) is 25.6 Å². The summed E-state index contributed by atoms with van der Waals surface area (Å²) in [5.41, 5.74) is 1.20. The summed E-state index contributed by atoms with van der Waals surface area (Å²) in [6.45, 7) is 1.37. The van der Waals surface area contributed by atoms with Crippen molar-refractivity contribution in [2.75, 3.05) is 18.4 Å². The van der Waals surface area contributed by atoms with Gasteiger partial charge < -0.3 is 15.4 Å². The van der Waals surface area contributed by atoms with Crippen molar-refractivity contribution >= 4 is 28.3 Å². The standard InChI is InChI=1S/C19H17ClF3N5O/c20-14-6-16-15(26-3-4-27-16)5-11(14)7-28-17-10-25-9-13(19(21,22)23)18(17)29-12-1-2-24-8-12/h3-6,9-10,12,24,28H,1-2,7-8H2. The number of anilines is 1. The zero-order valence-electron chi connectivity index (χ0n) is 15.1. The number of alkyl halides is 3. The van der Waals surface area contributed by atoms with E-state index >= 15 is 0 Å². The number of ether oxygens (including phenoxy) is 1. The fraction of sp³-hybridized carbons (Fsp3) is 0.316. The van der Waals surface area contributed by atoms with Gasteiger partial charge in [-0.15, -0.1) is 0 Å². The number of aromatic nitrogens is 3. The van der Waals surface area contributed by atoms with Crippen molar-refractivity contribution in [3.8, 4) is 5.75 Å². The summed E-state index contributed by atoms with van der Waals surface area (Å²) in [4.78, 5) is 12.1. The van der Waals surface area contributed by atoms with Gasteiger partial charge in [-0.1, -0.05) is 11.6 Å². The highest BCUT2D eigenvalue weighted by atomic mass is 35.5. The van der Waals surface area contributed by atoms with Crippen LogP contribution >= 0.6 is 11.6 Å². The fourth-order valence-electron chi connectivity index (χ4n) is 3.15. The quantitative estimate of drug-likeness (QED) is 0.645. The molecule has 1 aliphatic heterocycles. The molecule has 0 aliphatic carbocycles. The smallest absolute Gasteiger partial charge is 0.421 e. The average molecular weight is 424 g/mol. The predicted molar refractivity (Wildman–Crippen MR) is 103 cm³/mol. The maximum atomic E-state index is 13.5. The number of hydrogen-bond acceptors (Lipinski definition) is 6. The Labute approximate surface area is 169 Å². The number of halogens is 4. The first kappa shape index (κ1) is 19.7. The van der Waals surface area contributed by atoms with Gasteiger partial charge in [0.25, 0.3) is 0 Å². The lowest BCUT2D eigenvalue weighted by Gasteiger charge is -2.21. The molecule has 2 aromatic heterocycles. The SMILES string of the molecule is FC(F)(F)c1cncc(NCc2cc3nccnc3cc2Cl)c1OC1CCNC1. The monoisotopic (exact) mass is 423 g/mol. The van der Waals surface area contributed by atoms with Gasteiger partial charge in [-0.2, -0.15) is 13.2 Å². The number of nitrogens with zero attached hydrogens (tertiary/aromatic N) is 3. The van der Waals surface area contributed by atoms with E-state index in [1.165, 1.54) is 6.20 Å². The number of nitrogens with one attached hydrogen (secondary N) is 2. The Balaban J connectivity index is 1.63. The van der Waals surface area contributed by atoms with Crippen LogP contribution in [0.1, 0.15) is 17.5 Å². The van der Waals surface area contributed by atoms with Crippen molar-refractivity contribution in [1.29, 1.82) is 0 Å². The molecule has 1 saturated heterocycles. The van der Waals surface area contributed by atoms with Gasteiger partial charge >= 0.3 is 6.18 Å². The third-order valence-corrected chi connectivity index (χ3v) is 4.96. The molecule has 0 amide bonds. The van der Waals surface area contributed by atoms with Crippen LogP contribution in [0.5, 0.6) is 5.75 Å². The molecule has 0 radical (unpaired) electrons. The minimum Gasteiger partial charge on any atom is -0.486 e. The van der Waals surface area contributed by atoms with Crippen LogP contribution in [0, 0.1) is 0 Å². The van der Waals surface area contributed by atoms with E-state index in [9.17, 15) is 13.2 Å². The van der Waals surface area contributed by atoms with E-state index in [-0.39, 0.29) is 24.1 Å². The van der Waals surface area contributed by atoms with Crippen molar-refractivity contribution in [1.82, 2.24) is 20.3 Å². The topological polar surface area (TPSA) is 72.0 Å². The third-order valence-electron chi connectivity index (χ3n) is 4.61. The van der Waals surface area contributed by atoms with Crippen LogP contribution in [0.25, 0.3) is 11.0 Å². The molecule has 2 N–H and O–H groups in total. The molecule has 6 nitrogen and oxygen atoms in total. The second kappa shape index (κ2) is 8.00. The van der Waals surface area contributed by atoms with Crippen LogP contribution in [-0.2, 0) is 12.7 Å². The van der Waals surface area contributed by atoms with Gasteiger partial charge in [-0.25, -0.2) is 0 Å². The van der Waals surface area contributed by atoms with E-state index in [4.69, 9.17) is 16.3 Å². The van der Waals surface area contributed by atoms with Gasteiger partial charge in [-0.3, -0.25) is 15.0 Å². The van der Waals surface area contributed by atoms with Crippen molar-refractivity contribution in [3.05, 3.63) is 53.1 Å². The second-order valence-corrected chi connectivity index (χ2v) is 7.04. The summed E-state index contributed by atoms with van der Waals surface area (Å²) in [5, 5.41) is 6.50. The minimum atomic E-state index is -4.58. The van der Waals surface area contributed by atoms with Gasteiger partial charge in [0.1, 0.15) is 11.7 Å². The van der Waals surface area contributed by atoms with Crippen LogP contribution in [0.2, 0.25) is 5.02 Å². The van der Waals surface area contributed by atoms with Gasteiger partial charge in [0.2, 0.25) is 0 Å². The number of rotatable bonds is 5. The lowest BCUT2D eigenvalue weighted by atomic mass is 10.1. The Hall–Kier alpha value is -2.65. The molecule has 1 aliphatic rings. The van der Waals surface area contributed by atoms with Crippen LogP contribution in [0.4, 0.5) is 18.9 Å². The Morgan fingerprint density at radius 3 is 2.62 bits per heavy atom. The maximum absolute atomic E-state index is 13.5. The van der Waals surface area contributed by atoms with Crippen molar-refractivity contribution in [3.63, 3.8) is 0 Å². The molecular weight excluding hydrogens is 407 g/mol. The maximum Gasteiger partial charge on any atom is 0.421 e. The summed E-state index contributed by atoms with van der Waals surface area (Å²) in [5.74, 6) is -0.252.